The fourth-order valence-corrected chi connectivity index (χ4v) is 2.51. The van der Waals surface area contributed by atoms with Crippen molar-refractivity contribution in [3.05, 3.63) is 84.4 Å². The summed E-state index contributed by atoms with van der Waals surface area (Å²) in [6.07, 6.45) is 0.338. The highest BCUT2D eigenvalue weighted by atomic mass is 16.5. The third-order valence-electron chi connectivity index (χ3n) is 3.80. The summed E-state index contributed by atoms with van der Waals surface area (Å²) in [4.78, 5) is 12.1. The van der Waals surface area contributed by atoms with Gasteiger partial charge in [0.1, 0.15) is 5.75 Å². The molecule has 24 heavy (non-hydrogen) atoms. The lowest BCUT2D eigenvalue weighted by Crippen LogP contribution is -2.14. The lowest BCUT2D eigenvalue weighted by molar-refractivity contribution is -0.115. The number of ether oxygens (including phenoxy) is 1. The van der Waals surface area contributed by atoms with Crippen molar-refractivity contribution in [2.75, 3.05) is 12.4 Å². The molecule has 0 heterocycles. The van der Waals surface area contributed by atoms with Crippen molar-refractivity contribution in [1.82, 2.24) is 0 Å². The molecular formula is C21H19NO2. The van der Waals surface area contributed by atoms with Crippen LogP contribution in [0.5, 0.6) is 5.75 Å². The van der Waals surface area contributed by atoms with Crippen molar-refractivity contribution in [2.45, 2.75) is 6.42 Å². The summed E-state index contributed by atoms with van der Waals surface area (Å²) < 4.78 is 5.12. The van der Waals surface area contributed by atoms with E-state index in [2.05, 4.69) is 17.4 Å². The van der Waals surface area contributed by atoms with Gasteiger partial charge in [-0.3, -0.25) is 4.79 Å². The molecule has 0 fully saturated rings. The Hall–Kier alpha value is -3.07. The van der Waals surface area contributed by atoms with Gasteiger partial charge in [0, 0.05) is 5.69 Å². The molecule has 3 rings (SSSR count). The average molecular weight is 317 g/mol. The smallest absolute Gasteiger partial charge is 0.228 e. The maximum atomic E-state index is 12.1. The first kappa shape index (κ1) is 15.8. The molecule has 0 saturated heterocycles. The number of carbonyl (C=O) groups excluding carboxylic acids is 1. The van der Waals surface area contributed by atoms with Crippen LogP contribution in [0.25, 0.3) is 11.1 Å². The first-order chi connectivity index (χ1) is 11.7. The standard InChI is InChI=1S/C21H19NO2/c1-24-20-13-7-16(8-14-20)15-21(23)22-19-11-9-18(10-12-19)17-5-3-2-4-6-17/h2-14H,15H2,1H3,(H,22,23). The van der Waals surface area contributed by atoms with Crippen LogP contribution in [0.1, 0.15) is 5.56 Å². The SMILES string of the molecule is COc1ccc(CC(=O)Nc2ccc(-c3ccccc3)cc2)cc1. The van der Waals surface area contributed by atoms with E-state index in [1.54, 1.807) is 7.11 Å². The average Bonchev–Trinajstić information content (AvgIpc) is 2.64. The largest absolute Gasteiger partial charge is 0.497 e. The number of carbonyl (C=O) groups is 1. The van der Waals surface area contributed by atoms with Crippen LogP contribution in [0.2, 0.25) is 0 Å². The molecule has 3 aromatic carbocycles. The lowest BCUT2D eigenvalue weighted by Gasteiger charge is -2.07. The monoisotopic (exact) mass is 317 g/mol. The van der Waals surface area contributed by atoms with Gasteiger partial charge in [-0.2, -0.15) is 0 Å². The molecule has 0 aliphatic carbocycles. The van der Waals surface area contributed by atoms with Crippen molar-refractivity contribution >= 4 is 11.6 Å². The van der Waals surface area contributed by atoms with Gasteiger partial charge in [-0.15, -0.1) is 0 Å². The molecule has 0 aliphatic rings. The Labute approximate surface area is 141 Å². The van der Waals surface area contributed by atoms with Gasteiger partial charge in [0.2, 0.25) is 5.91 Å². The first-order valence-corrected chi connectivity index (χ1v) is 7.83. The van der Waals surface area contributed by atoms with E-state index in [9.17, 15) is 4.79 Å². The predicted molar refractivity (Wildman–Crippen MR) is 97.2 cm³/mol. The fraction of sp³-hybridized carbons (Fsp3) is 0.0952. The molecule has 0 radical (unpaired) electrons. The number of anilines is 1. The molecule has 120 valence electrons. The van der Waals surface area contributed by atoms with Gasteiger partial charge in [-0.05, 0) is 41.0 Å². The summed E-state index contributed by atoms with van der Waals surface area (Å²) >= 11 is 0. The number of hydrogen-bond donors (Lipinski definition) is 1. The van der Waals surface area contributed by atoms with E-state index in [-0.39, 0.29) is 5.91 Å². The summed E-state index contributed by atoms with van der Waals surface area (Å²) in [6, 6.07) is 25.5. The molecule has 0 spiro atoms. The topological polar surface area (TPSA) is 38.3 Å². The zero-order chi connectivity index (χ0) is 16.8. The van der Waals surface area contributed by atoms with Crippen molar-refractivity contribution in [1.29, 1.82) is 0 Å². The molecule has 3 aromatic rings. The van der Waals surface area contributed by atoms with E-state index in [1.165, 1.54) is 0 Å². The summed E-state index contributed by atoms with van der Waals surface area (Å²) in [7, 11) is 1.63. The zero-order valence-corrected chi connectivity index (χ0v) is 13.5. The molecule has 1 N–H and O–H groups in total. The van der Waals surface area contributed by atoms with Gasteiger partial charge in [0.05, 0.1) is 13.5 Å². The Kier molecular flexibility index (Phi) is 4.92. The van der Waals surface area contributed by atoms with Crippen LogP contribution in [0.4, 0.5) is 5.69 Å². The van der Waals surface area contributed by atoms with Crippen molar-refractivity contribution in [3.63, 3.8) is 0 Å². The van der Waals surface area contributed by atoms with E-state index in [0.29, 0.717) is 6.42 Å². The molecule has 0 aliphatic heterocycles. The fourth-order valence-electron chi connectivity index (χ4n) is 2.51. The third-order valence-corrected chi connectivity index (χ3v) is 3.80. The minimum absolute atomic E-state index is 0.0346. The zero-order valence-electron chi connectivity index (χ0n) is 13.5. The molecule has 0 aromatic heterocycles. The van der Waals surface area contributed by atoms with Gasteiger partial charge in [0.15, 0.2) is 0 Å². The number of rotatable bonds is 5. The van der Waals surface area contributed by atoms with E-state index >= 15 is 0 Å². The summed E-state index contributed by atoms with van der Waals surface area (Å²) in [5.41, 5.74) is 4.04. The van der Waals surface area contributed by atoms with E-state index in [1.807, 2.05) is 66.7 Å². The highest BCUT2D eigenvalue weighted by Crippen LogP contribution is 2.21. The third kappa shape index (κ3) is 4.02. The molecule has 0 bridgehead atoms. The Morgan fingerprint density at radius 3 is 2.08 bits per heavy atom. The highest BCUT2D eigenvalue weighted by Gasteiger charge is 2.05. The molecule has 1 amide bonds. The van der Waals surface area contributed by atoms with Crippen LogP contribution < -0.4 is 10.1 Å². The van der Waals surface area contributed by atoms with Crippen molar-refractivity contribution in [3.8, 4) is 16.9 Å². The van der Waals surface area contributed by atoms with E-state index < -0.39 is 0 Å². The lowest BCUT2D eigenvalue weighted by atomic mass is 10.1. The molecule has 0 atom stereocenters. The Balaban J connectivity index is 1.62. The van der Waals surface area contributed by atoms with Crippen LogP contribution in [-0.4, -0.2) is 13.0 Å². The second-order valence-corrected chi connectivity index (χ2v) is 5.52. The van der Waals surface area contributed by atoms with Crippen LogP contribution in [0.3, 0.4) is 0 Å². The Bertz CT molecular complexity index is 794. The number of nitrogens with one attached hydrogen (secondary N) is 1. The Morgan fingerprint density at radius 2 is 1.46 bits per heavy atom. The van der Waals surface area contributed by atoms with Gasteiger partial charge in [-0.25, -0.2) is 0 Å². The van der Waals surface area contributed by atoms with Gasteiger partial charge in [-0.1, -0.05) is 54.6 Å². The summed E-state index contributed by atoms with van der Waals surface area (Å²) in [5, 5.41) is 2.93. The maximum absolute atomic E-state index is 12.1. The number of benzene rings is 3. The van der Waals surface area contributed by atoms with E-state index in [0.717, 1.165) is 28.1 Å². The van der Waals surface area contributed by atoms with Gasteiger partial charge in [0.25, 0.3) is 0 Å². The van der Waals surface area contributed by atoms with Crippen LogP contribution >= 0.6 is 0 Å². The predicted octanol–water partition coefficient (Wildman–Crippen LogP) is 4.54. The highest BCUT2D eigenvalue weighted by molar-refractivity contribution is 5.92. The molecule has 0 saturated carbocycles. The molecule has 3 heteroatoms. The Morgan fingerprint density at radius 1 is 0.833 bits per heavy atom. The normalized spacial score (nSPS) is 10.2. The minimum atomic E-state index is -0.0346. The van der Waals surface area contributed by atoms with Gasteiger partial charge < -0.3 is 10.1 Å². The van der Waals surface area contributed by atoms with Crippen molar-refractivity contribution in [2.24, 2.45) is 0 Å². The molecule has 0 unspecified atom stereocenters. The van der Waals surface area contributed by atoms with Crippen LogP contribution in [-0.2, 0) is 11.2 Å². The molecule has 3 nitrogen and oxygen atoms in total. The summed E-state index contributed by atoms with van der Waals surface area (Å²) in [5.74, 6) is 0.753. The molecular weight excluding hydrogens is 298 g/mol. The van der Waals surface area contributed by atoms with Gasteiger partial charge >= 0.3 is 0 Å². The number of methoxy groups -OCH3 is 1. The second kappa shape index (κ2) is 7.47. The van der Waals surface area contributed by atoms with Crippen molar-refractivity contribution < 1.29 is 9.53 Å². The second-order valence-electron chi connectivity index (χ2n) is 5.52. The quantitative estimate of drug-likeness (QED) is 0.750. The first-order valence-electron chi connectivity index (χ1n) is 7.83. The number of hydrogen-bond acceptors (Lipinski definition) is 2. The van der Waals surface area contributed by atoms with Crippen LogP contribution in [0.15, 0.2) is 78.9 Å². The van der Waals surface area contributed by atoms with Crippen LogP contribution in [0, 0.1) is 0 Å². The minimum Gasteiger partial charge on any atom is -0.497 e. The van der Waals surface area contributed by atoms with E-state index in [4.69, 9.17) is 4.74 Å². The maximum Gasteiger partial charge on any atom is 0.228 e. The number of amides is 1. The summed E-state index contributed by atoms with van der Waals surface area (Å²) in [6.45, 7) is 0.